The molecule has 4 aliphatic rings. The number of hydrogen-bond acceptors (Lipinski definition) is 8. The highest BCUT2D eigenvalue weighted by atomic mass is 32.2. The first kappa shape index (κ1) is 40.2. The van der Waals surface area contributed by atoms with Crippen molar-refractivity contribution < 1.29 is 55.0 Å². The molecular formula is C45H30F6O6S2. The fourth-order valence-corrected chi connectivity index (χ4v) is 11.0. The van der Waals surface area contributed by atoms with Crippen LogP contribution in [0.1, 0.15) is 58.5 Å². The second-order valence-corrected chi connectivity index (χ2v) is 17.6. The molecular weight excluding hydrogens is 815 g/mol. The summed E-state index contributed by atoms with van der Waals surface area (Å²) in [5, 5.41) is 0. The van der Waals surface area contributed by atoms with Gasteiger partial charge < -0.3 is 9.47 Å². The Bertz CT molecular complexity index is 2420. The third-order valence-electron chi connectivity index (χ3n) is 10.8. The van der Waals surface area contributed by atoms with E-state index in [4.69, 9.17) is 9.47 Å². The van der Waals surface area contributed by atoms with Gasteiger partial charge in [0.1, 0.15) is 11.5 Å². The van der Waals surface area contributed by atoms with Crippen LogP contribution in [-0.2, 0) is 9.59 Å². The number of carbonyl (C=O) groups is 4. The number of allylic oxidation sites excluding steroid dienone is 4. The molecule has 0 radical (unpaired) electrons. The molecule has 2 heterocycles. The molecule has 1 saturated carbocycles. The maximum absolute atomic E-state index is 15.8. The third-order valence-corrected chi connectivity index (χ3v) is 14.1. The van der Waals surface area contributed by atoms with E-state index in [0.717, 1.165) is 35.7 Å². The van der Waals surface area contributed by atoms with Crippen LogP contribution >= 0.6 is 23.5 Å². The average Bonchev–Trinajstić information content (AvgIpc) is 3.76. The molecule has 0 saturated heterocycles. The Kier molecular flexibility index (Phi) is 9.74. The molecule has 0 N–H and O–H groups in total. The van der Waals surface area contributed by atoms with Gasteiger partial charge in [0, 0.05) is 22.3 Å². The molecule has 14 heteroatoms. The van der Waals surface area contributed by atoms with Crippen LogP contribution < -0.4 is 9.47 Å². The van der Waals surface area contributed by atoms with Crippen molar-refractivity contribution >= 4 is 47.0 Å². The van der Waals surface area contributed by atoms with Gasteiger partial charge in [-0.25, -0.2) is 0 Å². The summed E-state index contributed by atoms with van der Waals surface area (Å²) in [6.45, 7) is 2.88. The van der Waals surface area contributed by atoms with Gasteiger partial charge in [-0.15, -0.1) is 23.5 Å². The molecule has 2 aliphatic carbocycles. The standard InChI is InChI=1S/C45H30F6O6S2/c1-41-31(21-27(58-41)23-35(52)56-33-19-11-9-17-29(33)39(54)25-13-5-3-6-14-25)37-38(44(48,49)45(50,51)43(37,46)47)32-22-28(59-42(32,41)2)24-36(53)57-34-20-12-10-18-30(34)40(55)26-15-7-4-8-16-26/h3-22H,23-24H2,1-2H3. The van der Waals surface area contributed by atoms with Crippen molar-refractivity contribution in [2.24, 2.45) is 0 Å². The highest BCUT2D eigenvalue weighted by Crippen LogP contribution is 2.74. The summed E-state index contributed by atoms with van der Waals surface area (Å²) >= 11 is 1.73. The Balaban J connectivity index is 1.10. The molecule has 59 heavy (non-hydrogen) atoms. The van der Waals surface area contributed by atoms with Gasteiger partial charge in [-0.1, -0.05) is 84.9 Å². The first-order valence-corrected chi connectivity index (χ1v) is 19.8. The zero-order valence-electron chi connectivity index (χ0n) is 31.0. The minimum atomic E-state index is -5.82. The Morgan fingerprint density at radius 2 is 0.847 bits per heavy atom. The second kappa shape index (κ2) is 14.3. The largest absolute Gasteiger partial charge is 0.425 e. The van der Waals surface area contributed by atoms with Crippen LogP contribution in [0.5, 0.6) is 11.5 Å². The van der Waals surface area contributed by atoms with Gasteiger partial charge in [0.05, 0.1) is 33.5 Å². The molecule has 2 aliphatic heterocycles. The summed E-state index contributed by atoms with van der Waals surface area (Å²) in [6.07, 6.45) is 0.956. The van der Waals surface area contributed by atoms with Crippen LogP contribution in [0, 0.1) is 0 Å². The number of benzene rings is 4. The summed E-state index contributed by atoms with van der Waals surface area (Å²) in [5.74, 6) is -19.4. The van der Waals surface area contributed by atoms with Crippen molar-refractivity contribution in [3.05, 3.63) is 176 Å². The van der Waals surface area contributed by atoms with Gasteiger partial charge in [0.15, 0.2) is 11.6 Å². The molecule has 0 spiro atoms. The van der Waals surface area contributed by atoms with E-state index < -0.39 is 85.9 Å². The molecule has 8 rings (SSSR count). The topological polar surface area (TPSA) is 86.7 Å². The van der Waals surface area contributed by atoms with Crippen molar-refractivity contribution in [1.29, 1.82) is 0 Å². The quantitative estimate of drug-likeness (QED) is 0.0675. The lowest BCUT2D eigenvalue weighted by Gasteiger charge is -2.47. The van der Waals surface area contributed by atoms with Gasteiger partial charge in [-0.2, -0.15) is 26.3 Å². The van der Waals surface area contributed by atoms with Crippen LogP contribution in [-0.4, -0.2) is 50.8 Å². The maximum atomic E-state index is 15.8. The minimum absolute atomic E-state index is 0.0659. The minimum Gasteiger partial charge on any atom is -0.425 e. The van der Waals surface area contributed by atoms with E-state index in [1.54, 1.807) is 72.8 Å². The molecule has 2 unspecified atom stereocenters. The predicted octanol–water partition coefficient (Wildman–Crippen LogP) is 10.7. The fraction of sp³-hybridized carbons (Fsp3) is 0.200. The predicted molar refractivity (Wildman–Crippen MR) is 210 cm³/mol. The lowest BCUT2D eigenvalue weighted by Crippen LogP contribution is -2.49. The molecule has 2 atom stereocenters. The smallest absolute Gasteiger partial charge is 0.380 e. The van der Waals surface area contributed by atoms with E-state index in [2.05, 4.69) is 0 Å². The summed E-state index contributed by atoms with van der Waals surface area (Å²) in [5.41, 5.74) is -3.30. The first-order valence-electron chi connectivity index (χ1n) is 18.1. The van der Waals surface area contributed by atoms with E-state index in [1.807, 2.05) is 0 Å². The Hall–Kier alpha value is -5.60. The van der Waals surface area contributed by atoms with E-state index >= 15 is 26.3 Å². The van der Waals surface area contributed by atoms with Crippen molar-refractivity contribution in [2.45, 2.75) is 54.0 Å². The number of thioether (sulfide) groups is 2. The Labute approximate surface area is 342 Å². The summed E-state index contributed by atoms with van der Waals surface area (Å²) in [4.78, 5) is 53.5. The second-order valence-electron chi connectivity index (χ2n) is 14.5. The van der Waals surface area contributed by atoms with Gasteiger partial charge in [-0.3, -0.25) is 19.2 Å². The number of alkyl halides is 6. The molecule has 300 valence electrons. The van der Waals surface area contributed by atoms with E-state index in [-0.39, 0.29) is 32.4 Å². The van der Waals surface area contributed by atoms with Crippen LogP contribution in [0.3, 0.4) is 0 Å². The van der Waals surface area contributed by atoms with Crippen LogP contribution in [0.15, 0.2) is 153 Å². The number of rotatable bonds is 10. The number of ketones is 2. The van der Waals surface area contributed by atoms with Gasteiger partial charge >= 0.3 is 29.7 Å². The third kappa shape index (κ3) is 6.30. The van der Waals surface area contributed by atoms with E-state index in [1.165, 1.54) is 50.2 Å². The fourth-order valence-electron chi connectivity index (χ4n) is 7.81. The number of ether oxygens (including phenoxy) is 2. The normalized spacial score (nSPS) is 23.1. The summed E-state index contributed by atoms with van der Waals surface area (Å²) < 4.78 is 102. The summed E-state index contributed by atoms with van der Waals surface area (Å²) in [6, 6.07) is 28.4. The number of halogens is 6. The SMILES string of the molecule is CC12SC(CC(=O)Oc3ccccc3C(=O)c3ccccc3)=CC1=C1C(=C3C=C(CC(=O)Oc4ccccc4C(=O)c4ccccc4)SC32C)C(F)(F)C(F)(F)C1(F)F. The zero-order valence-corrected chi connectivity index (χ0v) is 32.6. The average molecular weight is 845 g/mol. The lowest BCUT2D eigenvalue weighted by atomic mass is 9.71. The summed E-state index contributed by atoms with van der Waals surface area (Å²) in [7, 11) is 0. The van der Waals surface area contributed by atoms with Gasteiger partial charge in [-0.05, 0) is 71.2 Å². The molecule has 6 nitrogen and oxygen atoms in total. The number of hydrogen-bond donors (Lipinski definition) is 0. The van der Waals surface area contributed by atoms with Crippen molar-refractivity contribution in [3.63, 3.8) is 0 Å². The van der Waals surface area contributed by atoms with Crippen LogP contribution in [0.2, 0.25) is 0 Å². The van der Waals surface area contributed by atoms with E-state index in [9.17, 15) is 19.2 Å². The first-order chi connectivity index (χ1) is 27.9. The number of carbonyl (C=O) groups excluding carboxylic acids is 4. The highest BCUT2D eigenvalue weighted by molar-refractivity contribution is 8.09. The van der Waals surface area contributed by atoms with Crippen LogP contribution in [0.4, 0.5) is 26.3 Å². The maximum Gasteiger partial charge on any atom is 0.380 e. The number of esters is 2. The zero-order chi connectivity index (χ0) is 42.1. The molecule has 0 amide bonds. The Morgan fingerprint density at radius 3 is 1.22 bits per heavy atom. The molecule has 4 aromatic rings. The molecule has 4 aromatic carbocycles. The Morgan fingerprint density at radius 1 is 0.508 bits per heavy atom. The van der Waals surface area contributed by atoms with Crippen molar-refractivity contribution in [1.82, 2.24) is 0 Å². The number of fused-ring (bicyclic) bond motifs is 4. The van der Waals surface area contributed by atoms with E-state index in [0.29, 0.717) is 11.1 Å². The monoisotopic (exact) mass is 844 g/mol. The molecule has 0 aromatic heterocycles. The van der Waals surface area contributed by atoms with Crippen molar-refractivity contribution in [3.8, 4) is 11.5 Å². The molecule has 0 bridgehead atoms. The number of para-hydroxylation sites is 2. The lowest BCUT2D eigenvalue weighted by molar-refractivity contribution is -0.258. The van der Waals surface area contributed by atoms with Gasteiger partial charge in [0.25, 0.3) is 0 Å². The van der Waals surface area contributed by atoms with Crippen LogP contribution in [0.25, 0.3) is 0 Å². The highest BCUT2D eigenvalue weighted by Gasteiger charge is 2.84. The van der Waals surface area contributed by atoms with Crippen molar-refractivity contribution in [2.75, 3.05) is 0 Å². The van der Waals surface area contributed by atoms with Gasteiger partial charge in [0.2, 0.25) is 0 Å². The molecule has 1 fully saturated rings.